The minimum absolute atomic E-state index is 0.107. The monoisotopic (exact) mass is 304 g/mol. The molecular weight excluding hydrogens is 292 g/mol. The van der Waals surface area contributed by atoms with Crippen LogP contribution in [0.5, 0.6) is 0 Å². The van der Waals surface area contributed by atoms with Crippen LogP contribution in [0.1, 0.15) is 21.1 Å². The predicted octanol–water partition coefficient (Wildman–Crippen LogP) is 1.09. The summed E-state index contributed by atoms with van der Waals surface area (Å²) >= 11 is 1.31. The Balaban J connectivity index is 1.81. The SMILES string of the molecule is O=C(O)C=Cc1ccsc1C(=O)N1CCn2cnnc2C1. The standard InChI is InChI=1S/C13H12N4O3S/c18-11(19)2-1-9-3-6-21-12(9)13(20)16-4-5-17-8-14-15-10(17)7-16/h1-3,6,8H,4-5,7H2,(H,18,19). The second kappa shape index (κ2) is 5.49. The molecule has 7 nitrogen and oxygen atoms in total. The van der Waals surface area contributed by atoms with E-state index in [0.29, 0.717) is 30.1 Å². The fourth-order valence-corrected chi connectivity index (χ4v) is 3.02. The maximum atomic E-state index is 12.6. The summed E-state index contributed by atoms with van der Waals surface area (Å²) in [7, 11) is 0. The third kappa shape index (κ3) is 2.70. The van der Waals surface area contributed by atoms with Crippen molar-refractivity contribution in [1.29, 1.82) is 0 Å². The Morgan fingerprint density at radius 2 is 2.24 bits per heavy atom. The first-order chi connectivity index (χ1) is 10.1. The van der Waals surface area contributed by atoms with Crippen molar-refractivity contribution in [2.45, 2.75) is 13.1 Å². The fourth-order valence-electron chi connectivity index (χ4n) is 2.17. The van der Waals surface area contributed by atoms with Gasteiger partial charge >= 0.3 is 5.97 Å². The van der Waals surface area contributed by atoms with Gasteiger partial charge in [-0.3, -0.25) is 4.79 Å². The Labute approximate surface area is 124 Å². The van der Waals surface area contributed by atoms with Crippen LogP contribution in [-0.4, -0.2) is 43.2 Å². The Morgan fingerprint density at radius 3 is 3.05 bits per heavy atom. The van der Waals surface area contributed by atoms with Crippen LogP contribution in [0.3, 0.4) is 0 Å². The molecule has 1 aliphatic rings. The number of hydrogen-bond acceptors (Lipinski definition) is 5. The van der Waals surface area contributed by atoms with Crippen LogP contribution in [0.15, 0.2) is 23.8 Å². The lowest BCUT2D eigenvalue weighted by atomic mass is 10.2. The Hall–Kier alpha value is -2.48. The molecule has 0 saturated heterocycles. The average molecular weight is 304 g/mol. The average Bonchev–Trinajstić information content (AvgIpc) is 3.12. The van der Waals surface area contributed by atoms with E-state index in [1.807, 2.05) is 4.57 Å². The number of aliphatic carboxylic acids is 1. The minimum Gasteiger partial charge on any atom is -0.478 e. The minimum atomic E-state index is -1.04. The molecule has 0 spiro atoms. The molecule has 3 heterocycles. The van der Waals surface area contributed by atoms with Gasteiger partial charge in [-0.15, -0.1) is 21.5 Å². The van der Waals surface area contributed by atoms with E-state index in [9.17, 15) is 9.59 Å². The van der Waals surface area contributed by atoms with Gasteiger partial charge < -0.3 is 14.6 Å². The molecule has 1 N–H and O–H groups in total. The summed E-state index contributed by atoms with van der Waals surface area (Å²) in [6, 6.07) is 1.74. The van der Waals surface area contributed by atoms with Crippen LogP contribution in [0.25, 0.3) is 6.08 Å². The van der Waals surface area contributed by atoms with Crippen molar-refractivity contribution in [3.05, 3.63) is 40.1 Å². The topological polar surface area (TPSA) is 88.3 Å². The summed E-state index contributed by atoms with van der Waals surface area (Å²) in [5.74, 6) is -0.385. The third-order valence-electron chi connectivity index (χ3n) is 3.22. The molecule has 0 fully saturated rings. The van der Waals surface area contributed by atoms with Gasteiger partial charge in [0.15, 0.2) is 5.82 Å². The molecule has 21 heavy (non-hydrogen) atoms. The smallest absolute Gasteiger partial charge is 0.328 e. The first kappa shape index (κ1) is 13.5. The van der Waals surface area contributed by atoms with Gasteiger partial charge in [-0.05, 0) is 23.1 Å². The van der Waals surface area contributed by atoms with Crippen molar-refractivity contribution in [3.8, 4) is 0 Å². The number of thiophene rings is 1. The molecule has 8 heteroatoms. The van der Waals surface area contributed by atoms with E-state index >= 15 is 0 Å². The largest absolute Gasteiger partial charge is 0.478 e. The van der Waals surface area contributed by atoms with E-state index in [4.69, 9.17) is 5.11 Å². The van der Waals surface area contributed by atoms with Crippen LogP contribution in [-0.2, 0) is 17.9 Å². The Morgan fingerprint density at radius 1 is 1.38 bits per heavy atom. The lowest BCUT2D eigenvalue weighted by Gasteiger charge is -2.26. The van der Waals surface area contributed by atoms with Crippen molar-refractivity contribution in [1.82, 2.24) is 19.7 Å². The molecule has 1 aliphatic heterocycles. The molecule has 0 aromatic carbocycles. The van der Waals surface area contributed by atoms with Gasteiger partial charge in [0.1, 0.15) is 6.33 Å². The van der Waals surface area contributed by atoms with Crippen LogP contribution in [0.4, 0.5) is 0 Å². The van der Waals surface area contributed by atoms with Gasteiger partial charge in [-0.1, -0.05) is 0 Å². The number of nitrogens with zero attached hydrogens (tertiary/aromatic N) is 4. The summed E-state index contributed by atoms with van der Waals surface area (Å²) in [4.78, 5) is 25.4. The molecule has 108 valence electrons. The molecule has 1 amide bonds. The second-order valence-electron chi connectivity index (χ2n) is 4.54. The van der Waals surface area contributed by atoms with E-state index in [0.717, 1.165) is 11.9 Å². The van der Waals surface area contributed by atoms with Gasteiger partial charge in [0.2, 0.25) is 0 Å². The van der Waals surface area contributed by atoms with Gasteiger partial charge in [0.25, 0.3) is 5.91 Å². The van der Waals surface area contributed by atoms with Crippen LogP contribution in [0.2, 0.25) is 0 Å². The van der Waals surface area contributed by atoms with E-state index in [-0.39, 0.29) is 5.91 Å². The number of hydrogen-bond donors (Lipinski definition) is 1. The summed E-state index contributed by atoms with van der Waals surface area (Å²) in [6.45, 7) is 1.67. The van der Waals surface area contributed by atoms with Crippen LogP contribution in [0, 0.1) is 0 Å². The molecular formula is C13H12N4O3S. The summed E-state index contributed by atoms with van der Waals surface area (Å²) in [5, 5.41) is 18.3. The molecule has 0 saturated carbocycles. The fraction of sp³-hybridized carbons (Fsp3) is 0.231. The lowest BCUT2D eigenvalue weighted by molar-refractivity contribution is -0.131. The molecule has 0 atom stereocenters. The van der Waals surface area contributed by atoms with Crippen molar-refractivity contribution in [3.63, 3.8) is 0 Å². The maximum absolute atomic E-state index is 12.6. The lowest BCUT2D eigenvalue weighted by Crippen LogP contribution is -2.38. The second-order valence-corrected chi connectivity index (χ2v) is 5.46. The molecule has 0 radical (unpaired) electrons. The summed E-state index contributed by atoms with van der Waals surface area (Å²) in [6.07, 6.45) is 4.13. The third-order valence-corrected chi connectivity index (χ3v) is 4.14. The van der Waals surface area contributed by atoms with Crippen molar-refractivity contribution in [2.75, 3.05) is 6.54 Å². The maximum Gasteiger partial charge on any atom is 0.328 e. The van der Waals surface area contributed by atoms with Gasteiger partial charge in [-0.25, -0.2) is 4.79 Å². The van der Waals surface area contributed by atoms with Gasteiger partial charge in [0.05, 0.1) is 11.4 Å². The molecule has 2 aromatic rings. The molecule has 2 aromatic heterocycles. The highest BCUT2D eigenvalue weighted by Crippen LogP contribution is 2.22. The summed E-state index contributed by atoms with van der Waals surface area (Å²) in [5.41, 5.74) is 0.624. The number of carboxylic acids is 1. The highest BCUT2D eigenvalue weighted by atomic mass is 32.1. The number of aromatic nitrogens is 3. The number of fused-ring (bicyclic) bond motifs is 1. The molecule has 0 aliphatic carbocycles. The number of amides is 1. The highest BCUT2D eigenvalue weighted by Gasteiger charge is 2.24. The Kier molecular flexibility index (Phi) is 3.53. The first-order valence-electron chi connectivity index (χ1n) is 6.29. The van der Waals surface area contributed by atoms with Crippen LogP contribution < -0.4 is 0 Å². The van der Waals surface area contributed by atoms with E-state index in [2.05, 4.69) is 10.2 Å². The van der Waals surface area contributed by atoms with Gasteiger partial charge in [0, 0.05) is 19.2 Å². The van der Waals surface area contributed by atoms with Crippen molar-refractivity contribution in [2.24, 2.45) is 0 Å². The first-order valence-corrected chi connectivity index (χ1v) is 7.17. The molecule has 0 unspecified atom stereocenters. The number of carbonyl (C=O) groups excluding carboxylic acids is 1. The normalized spacial score (nSPS) is 14.4. The van der Waals surface area contributed by atoms with E-state index < -0.39 is 5.97 Å². The van der Waals surface area contributed by atoms with E-state index in [1.165, 1.54) is 17.4 Å². The van der Waals surface area contributed by atoms with Gasteiger partial charge in [-0.2, -0.15) is 0 Å². The number of carbonyl (C=O) groups is 2. The molecule has 0 bridgehead atoms. The number of carboxylic acid groups (broad SMARTS) is 1. The highest BCUT2D eigenvalue weighted by molar-refractivity contribution is 7.12. The van der Waals surface area contributed by atoms with Crippen molar-refractivity contribution >= 4 is 29.3 Å². The zero-order chi connectivity index (χ0) is 14.8. The molecule has 3 rings (SSSR count). The van der Waals surface area contributed by atoms with E-state index in [1.54, 1.807) is 22.7 Å². The summed E-state index contributed by atoms with van der Waals surface area (Å²) < 4.78 is 1.92. The quantitative estimate of drug-likeness (QED) is 0.858. The van der Waals surface area contributed by atoms with Crippen molar-refractivity contribution < 1.29 is 14.7 Å². The zero-order valence-corrected chi connectivity index (χ0v) is 11.8. The number of rotatable bonds is 3. The zero-order valence-electron chi connectivity index (χ0n) is 11.0. The van der Waals surface area contributed by atoms with Crippen LogP contribution >= 0.6 is 11.3 Å². The Bertz CT molecular complexity index is 719. The predicted molar refractivity (Wildman–Crippen MR) is 75.8 cm³/mol.